The fourth-order valence-corrected chi connectivity index (χ4v) is 3.67. The summed E-state index contributed by atoms with van der Waals surface area (Å²) in [5, 5.41) is 3.14. The van der Waals surface area contributed by atoms with Gasteiger partial charge in [-0.15, -0.1) is 0 Å². The Labute approximate surface area is 159 Å². The van der Waals surface area contributed by atoms with E-state index < -0.39 is 29.5 Å². The van der Waals surface area contributed by atoms with Crippen molar-refractivity contribution in [2.45, 2.75) is 24.8 Å². The largest absolute Gasteiger partial charge is 0.416 e. The summed E-state index contributed by atoms with van der Waals surface area (Å²) >= 11 is 0. The zero-order chi connectivity index (χ0) is 20.4. The van der Waals surface area contributed by atoms with E-state index >= 15 is 0 Å². The summed E-state index contributed by atoms with van der Waals surface area (Å²) in [7, 11) is 0. The third-order valence-electron chi connectivity index (χ3n) is 4.86. The zero-order valence-electron chi connectivity index (χ0n) is 14.9. The summed E-state index contributed by atoms with van der Waals surface area (Å²) < 4.78 is 81.9. The van der Waals surface area contributed by atoms with Crippen molar-refractivity contribution in [2.75, 3.05) is 26.2 Å². The van der Waals surface area contributed by atoms with Gasteiger partial charge in [0.2, 0.25) is 0 Å². The van der Waals surface area contributed by atoms with E-state index in [0.717, 1.165) is 12.1 Å². The molecule has 8 heteroatoms. The second-order valence-corrected chi connectivity index (χ2v) is 6.71. The van der Waals surface area contributed by atoms with Crippen molar-refractivity contribution in [3.63, 3.8) is 0 Å². The summed E-state index contributed by atoms with van der Waals surface area (Å²) in [6, 6.07) is 8.64. The van der Waals surface area contributed by atoms with Crippen LogP contribution in [-0.4, -0.2) is 31.1 Å². The fourth-order valence-electron chi connectivity index (χ4n) is 3.67. The van der Waals surface area contributed by atoms with Crippen molar-refractivity contribution in [1.29, 1.82) is 0 Å². The molecule has 1 N–H and O–H groups in total. The lowest BCUT2D eigenvalue weighted by atomic mass is 9.89. The summed E-state index contributed by atoms with van der Waals surface area (Å²) in [5.74, 6) is 0. The Kier molecular flexibility index (Phi) is 6.00. The molecule has 0 amide bonds. The van der Waals surface area contributed by atoms with Crippen molar-refractivity contribution >= 4 is 0 Å². The van der Waals surface area contributed by atoms with Crippen molar-refractivity contribution in [1.82, 2.24) is 10.2 Å². The van der Waals surface area contributed by atoms with E-state index in [-0.39, 0.29) is 11.1 Å². The highest BCUT2D eigenvalue weighted by atomic mass is 19.4. The number of nitrogens with zero attached hydrogens (tertiary/aromatic N) is 1. The number of halogens is 6. The van der Waals surface area contributed by atoms with Crippen molar-refractivity contribution in [2.24, 2.45) is 0 Å². The van der Waals surface area contributed by atoms with Crippen LogP contribution in [0.3, 0.4) is 0 Å². The first kappa shape index (κ1) is 20.7. The van der Waals surface area contributed by atoms with Gasteiger partial charge in [0.05, 0.1) is 17.2 Å². The number of alkyl halides is 6. The topological polar surface area (TPSA) is 15.3 Å². The van der Waals surface area contributed by atoms with Gasteiger partial charge < -0.3 is 5.32 Å². The Hall–Kier alpha value is -2.06. The molecule has 0 aromatic heterocycles. The molecule has 1 aliphatic heterocycles. The van der Waals surface area contributed by atoms with Crippen LogP contribution in [0.5, 0.6) is 0 Å². The third-order valence-corrected chi connectivity index (χ3v) is 4.86. The van der Waals surface area contributed by atoms with Crippen molar-refractivity contribution in [3.05, 3.63) is 70.8 Å². The first-order chi connectivity index (χ1) is 13.2. The number of hydrogen-bond donors (Lipinski definition) is 1. The van der Waals surface area contributed by atoms with Gasteiger partial charge in [-0.2, -0.15) is 26.3 Å². The summed E-state index contributed by atoms with van der Waals surface area (Å²) in [6.07, 6.45) is -8.68. The summed E-state index contributed by atoms with van der Waals surface area (Å²) in [6.45, 7) is 1.92. The van der Waals surface area contributed by atoms with Crippen molar-refractivity contribution < 1.29 is 26.3 Å². The molecule has 2 aromatic carbocycles. The molecule has 1 heterocycles. The lowest BCUT2D eigenvalue weighted by Crippen LogP contribution is -2.35. The predicted octanol–water partition coefficient (Wildman–Crippen LogP) is 5.11. The van der Waals surface area contributed by atoms with Crippen LogP contribution < -0.4 is 5.32 Å². The van der Waals surface area contributed by atoms with Crippen LogP contribution in [0.2, 0.25) is 0 Å². The van der Waals surface area contributed by atoms with Gasteiger partial charge in [0.1, 0.15) is 0 Å². The van der Waals surface area contributed by atoms with Crippen molar-refractivity contribution in [3.8, 4) is 0 Å². The molecule has 28 heavy (non-hydrogen) atoms. The predicted molar refractivity (Wildman–Crippen MR) is 93.8 cm³/mol. The minimum Gasteiger partial charge on any atom is -0.315 e. The second kappa shape index (κ2) is 8.13. The van der Waals surface area contributed by atoms with E-state index in [1.165, 1.54) is 36.4 Å². The van der Waals surface area contributed by atoms with Crippen LogP contribution >= 0.6 is 0 Å². The Morgan fingerprint density at radius 1 is 0.714 bits per heavy atom. The molecule has 1 fully saturated rings. The van der Waals surface area contributed by atoms with Gasteiger partial charge in [0.15, 0.2) is 0 Å². The van der Waals surface area contributed by atoms with E-state index in [1.807, 2.05) is 0 Å². The molecule has 2 aromatic rings. The molecule has 1 aliphatic rings. The highest BCUT2D eigenvalue weighted by molar-refractivity contribution is 5.43. The van der Waals surface area contributed by atoms with Gasteiger partial charge >= 0.3 is 12.4 Å². The first-order valence-electron chi connectivity index (χ1n) is 8.96. The second-order valence-electron chi connectivity index (χ2n) is 6.71. The SMILES string of the molecule is FC(F)(F)c1ccccc1C(c1ccccc1C(F)(F)F)N1CCCNCC1. The number of nitrogens with one attached hydrogen (secondary N) is 1. The Balaban J connectivity index is 2.21. The smallest absolute Gasteiger partial charge is 0.315 e. The van der Waals surface area contributed by atoms with Gasteiger partial charge in [0.25, 0.3) is 0 Å². The highest BCUT2D eigenvalue weighted by Gasteiger charge is 2.41. The Bertz CT molecular complexity index is 734. The normalized spacial score (nSPS) is 17.0. The molecule has 0 unspecified atom stereocenters. The molecule has 152 valence electrons. The van der Waals surface area contributed by atoms with Crippen LogP contribution in [0.4, 0.5) is 26.3 Å². The van der Waals surface area contributed by atoms with E-state index in [0.29, 0.717) is 32.6 Å². The quantitative estimate of drug-likeness (QED) is 0.718. The minimum absolute atomic E-state index is 0.159. The van der Waals surface area contributed by atoms with Crippen LogP contribution in [0, 0.1) is 0 Å². The highest BCUT2D eigenvalue weighted by Crippen LogP contribution is 2.43. The molecule has 1 saturated heterocycles. The summed E-state index contributed by atoms with van der Waals surface area (Å²) in [4.78, 5) is 1.70. The van der Waals surface area contributed by atoms with E-state index in [9.17, 15) is 26.3 Å². The molecular weight excluding hydrogens is 382 g/mol. The number of hydrogen-bond acceptors (Lipinski definition) is 2. The molecule has 3 rings (SSSR count). The van der Waals surface area contributed by atoms with E-state index in [1.54, 1.807) is 4.90 Å². The van der Waals surface area contributed by atoms with Crippen LogP contribution in [0.1, 0.15) is 34.7 Å². The maximum atomic E-state index is 13.7. The number of rotatable bonds is 3. The Morgan fingerprint density at radius 2 is 1.21 bits per heavy atom. The standard InChI is InChI=1S/C20H20F6N2/c21-19(22,23)16-8-3-1-6-14(16)18(28-12-5-10-27-11-13-28)15-7-2-4-9-17(15)20(24,25)26/h1-4,6-9,18,27H,5,10-13H2. The zero-order valence-corrected chi connectivity index (χ0v) is 14.9. The molecule has 0 aliphatic carbocycles. The molecule has 0 saturated carbocycles. The Morgan fingerprint density at radius 3 is 1.71 bits per heavy atom. The van der Waals surface area contributed by atoms with Gasteiger partial charge in [-0.25, -0.2) is 0 Å². The average Bonchev–Trinajstić information content (AvgIpc) is 2.90. The molecule has 0 atom stereocenters. The minimum atomic E-state index is -4.66. The maximum absolute atomic E-state index is 13.7. The third kappa shape index (κ3) is 4.50. The molecule has 0 spiro atoms. The molecular formula is C20H20F6N2. The van der Waals surface area contributed by atoms with Gasteiger partial charge in [0, 0.05) is 19.6 Å². The fraction of sp³-hybridized carbons (Fsp3) is 0.400. The van der Waals surface area contributed by atoms with Gasteiger partial charge in [-0.1, -0.05) is 36.4 Å². The molecule has 0 radical (unpaired) electrons. The summed E-state index contributed by atoms with van der Waals surface area (Å²) in [5.41, 5.74) is -2.13. The van der Waals surface area contributed by atoms with Gasteiger partial charge in [-0.3, -0.25) is 4.90 Å². The first-order valence-corrected chi connectivity index (χ1v) is 8.96. The van der Waals surface area contributed by atoms with Crippen LogP contribution in [-0.2, 0) is 12.4 Å². The lowest BCUT2D eigenvalue weighted by Gasteiger charge is -2.34. The van der Waals surface area contributed by atoms with Crippen LogP contribution in [0.25, 0.3) is 0 Å². The number of benzene rings is 2. The average molecular weight is 402 g/mol. The maximum Gasteiger partial charge on any atom is 0.416 e. The van der Waals surface area contributed by atoms with E-state index in [2.05, 4.69) is 5.32 Å². The van der Waals surface area contributed by atoms with E-state index in [4.69, 9.17) is 0 Å². The lowest BCUT2D eigenvalue weighted by molar-refractivity contribution is -0.139. The van der Waals surface area contributed by atoms with Crippen LogP contribution in [0.15, 0.2) is 48.5 Å². The van der Waals surface area contributed by atoms with Gasteiger partial charge in [-0.05, 0) is 36.2 Å². The molecule has 2 nitrogen and oxygen atoms in total. The monoisotopic (exact) mass is 402 g/mol. The molecule has 0 bridgehead atoms.